The fourth-order valence-electron chi connectivity index (χ4n) is 6.07. The van der Waals surface area contributed by atoms with Crippen LogP contribution in [0.5, 0.6) is 5.75 Å². The highest BCUT2D eigenvalue weighted by atomic mass is 16.4. The number of phenols is 1. The van der Waals surface area contributed by atoms with E-state index in [9.17, 15) is 45.0 Å². The summed E-state index contributed by atoms with van der Waals surface area (Å²) in [6.45, 7) is 1.53. The minimum Gasteiger partial charge on any atom is -0.508 e. The van der Waals surface area contributed by atoms with Crippen LogP contribution >= 0.6 is 0 Å². The van der Waals surface area contributed by atoms with Crippen LogP contribution in [-0.4, -0.2) is 104 Å². The van der Waals surface area contributed by atoms with Gasteiger partial charge in [0.05, 0.1) is 16.7 Å². The maximum atomic E-state index is 14.0. The smallest absolute Gasteiger partial charge is 0.255 e. The number of aliphatic hydroxyl groups excluding tert-OH is 2. The van der Waals surface area contributed by atoms with E-state index >= 15 is 0 Å². The van der Waals surface area contributed by atoms with Crippen LogP contribution in [0.4, 0.5) is 5.69 Å². The maximum absolute atomic E-state index is 14.0. The third-order valence-corrected chi connectivity index (χ3v) is 7.57. The van der Waals surface area contributed by atoms with Crippen molar-refractivity contribution in [2.24, 2.45) is 5.73 Å². The molecular formula is C26H29N3O9. The first-order valence-corrected chi connectivity index (χ1v) is 11.6. The van der Waals surface area contributed by atoms with Crippen molar-refractivity contribution < 1.29 is 45.0 Å². The van der Waals surface area contributed by atoms with E-state index in [0.717, 1.165) is 4.90 Å². The molecule has 12 heteroatoms. The first kappa shape index (κ1) is 27.2. The number of aromatic hydroxyl groups is 1. The van der Waals surface area contributed by atoms with Gasteiger partial charge in [-0.2, -0.15) is 0 Å². The Kier molecular flexibility index (Phi) is 5.94. The number of carbonyl (C=O) groups excluding carboxylic acids is 3. The number of primary amides is 1. The molecule has 0 heterocycles. The summed E-state index contributed by atoms with van der Waals surface area (Å²) < 4.78 is 0. The maximum Gasteiger partial charge on any atom is 0.255 e. The first-order valence-electron chi connectivity index (χ1n) is 11.6. The number of hydrogen-bond acceptors (Lipinski definition) is 11. The van der Waals surface area contributed by atoms with Gasteiger partial charge < -0.3 is 41.3 Å². The Balaban J connectivity index is 2.13. The van der Waals surface area contributed by atoms with Gasteiger partial charge in [-0.05, 0) is 32.6 Å². The molecule has 0 aromatic heterocycles. The number of likely N-dealkylation sites (N-methyl/N-ethyl adjacent to an activating group) is 1. The normalized spacial score (nSPS) is 30.4. The van der Waals surface area contributed by atoms with Gasteiger partial charge in [-0.1, -0.05) is 5.92 Å². The average molecular weight is 528 g/mol. The van der Waals surface area contributed by atoms with Crippen LogP contribution in [0.15, 0.2) is 23.0 Å². The van der Waals surface area contributed by atoms with Crippen molar-refractivity contribution in [3.8, 4) is 17.6 Å². The molecule has 1 aromatic carbocycles. The van der Waals surface area contributed by atoms with E-state index in [4.69, 9.17) is 5.73 Å². The van der Waals surface area contributed by atoms with Crippen LogP contribution < -0.4 is 10.6 Å². The van der Waals surface area contributed by atoms with Crippen LogP contribution in [-0.2, 0) is 20.8 Å². The van der Waals surface area contributed by atoms with Crippen molar-refractivity contribution >= 4 is 28.9 Å². The number of carbonyl (C=O) groups is 3. The lowest BCUT2D eigenvalue weighted by atomic mass is 9.53. The Morgan fingerprint density at radius 3 is 2.21 bits per heavy atom. The molecule has 202 valence electrons. The van der Waals surface area contributed by atoms with Gasteiger partial charge in [0, 0.05) is 32.6 Å². The molecule has 12 nitrogen and oxygen atoms in total. The van der Waals surface area contributed by atoms with Gasteiger partial charge in [0.1, 0.15) is 34.3 Å². The third-order valence-electron chi connectivity index (χ3n) is 7.57. The number of anilines is 1. The number of fused-ring (bicyclic) bond motifs is 3. The zero-order chi connectivity index (χ0) is 28.7. The SMILES string of the molecule is CC#Cc1cc(N(C)C)c2c(c1O)C(O)=C1C(=O)C3(O)C(O)=C(C(N)=O)C(=O)C(N(C)C)C3(O)CC1(O)C2. The minimum absolute atomic E-state index is 0.112. The second-order valence-electron chi connectivity index (χ2n) is 10.3. The van der Waals surface area contributed by atoms with E-state index in [1.165, 1.54) is 27.1 Å². The van der Waals surface area contributed by atoms with Gasteiger partial charge in [-0.3, -0.25) is 19.3 Å². The van der Waals surface area contributed by atoms with Crippen molar-refractivity contribution in [1.82, 2.24) is 4.90 Å². The Morgan fingerprint density at radius 2 is 1.71 bits per heavy atom. The van der Waals surface area contributed by atoms with Crippen LogP contribution in [0.2, 0.25) is 0 Å². The highest BCUT2D eigenvalue weighted by Crippen LogP contribution is 2.57. The number of aliphatic hydroxyl groups is 5. The number of hydrogen-bond donors (Lipinski definition) is 7. The van der Waals surface area contributed by atoms with Gasteiger partial charge in [0.15, 0.2) is 11.5 Å². The lowest BCUT2D eigenvalue weighted by Crippen LogP contribution is -2.79. The summed E-state index contributed by atoms with van der Waals surface area (Å²) in [4.78, 5) is 42.0. The number of rotatable bonds is 3. The topological polar surface area (TPSA) is 205 Å². The number of Topliss-reactive ketones (excluding diaryl/α,β-unsaturated/α-hetero) is 2. The van der Waals surface area contributed by atoms with Crippen molar-refractivity contribution in [3.63, 3.8) is 0 Å². The van der Waals surface area contributed by atoms with Crippen molar-refractivity contribution in [3.05, 3.63) is 39.7 Å². The average Bonchev–Trinajstić information content (AvgIpc) is 2.77. The molecule has 1 saturated carbocycles. The summed E-state index contributed by atoms with van der Waals surface area (Å²) in [7, 11) is 6.00. The summed E-state index contributed by atoms with van der Waals surface area (Å²) in [5, 5.41) is 68.6. The van der Waals surface area contributed by atoms with Gasteiger partial charge in [0.2, 0.25) is 11.4 Å². The second-order valence-corrected chi connectivity index (χ2v) is 10.3. The fraction of sp³-hybridized carbons (Fsp3) is 0.423. The van der Waals surface area contributed by atoms with Gasteiger partial charge in [-0.15, -0.1) is 5.92 Å². The molecule has 0 bridgehead atoms. The van der Waals surface area contributed by atoms with E-state index in [-0.39, 0.29) is 16.7 Å². The number of nitrogens with two attached hydrogens (primary N) is 1. The fourth-order valence-corrected chi connectivity index (χ4v) is 6.07. The predicted octanol–water partition coefficient (Wildman–Crippen LogP) is -1.37. The third kappa shape index (κ3) is 3.16. The number of phenolic OH excluding ortho intramolecular Hbond substituents is 1. The molecule has 4 rings (SSSR count). The Bertz CT molecular complexity index is 1450. The highest BCUT2D eigenvalue weighted by molar-refractivity contribution is 6.25. The zero-order valence-electron chi connectivity index (χ0n) is 21.4. The number of nitrogens with zero attached hydrogens (tertiary/aromatic N) is 2. The predicted molar refractivity (Wildman–Crippen MR) is 134 cm³/mol. The van der Waals surface area contributed by atoms with E-state index in [2.05, 4.69) is 11.8 Å². The van der Waals surface area contributed by atoms with Crippen molar-refractivity contribution in [1.29, 1.82) is 0 Å². The molecule has 38 heavy (non-hydrogen) atoms. The van der Waals surface area contributed by atoms with Crippen LogP contribution in [0.25, 0.3) is 5.76 Å². The molecule has 0 radical (unpaired) electrons. The molecule has 0 aliphatic heterocycles. The monoisotopic (exact) mass is 527 g/mol. The van der Waals surface area contributed by atoms with Crippen LogP contribution in [0.3, 0.4) is 0 Å². The summed E-state index contributed by atoms with van der Waals surface area (Å²) in [6.07, 6.45) is -1.36. The molecular weight excluding hydrogens is 498 g/mol. The Labute approximate surface area is 217 Å². The largest absolute Gasteiger partial charge is 0.508 e. The molecule has 3 aliphatic rings. The molecule has 0 spiro atoms. The van der Waals surface area contributed by atoms with Gasteiger partial charge >= 0.3 is 0 Å². The van der Waals surface area contributed by atoms with Crippen molar-refractivity contribution in [2.75, 3.05) is 33.1 Å². The molecule has 1 fully saturated rings. The molecule has 0 saturated heterocycles. The molecule has 4 unspecified atom stereocenters. The van der Waals surface area contributed by atoms with E-state index in [1.54, 1.807) is 19.0 Å². The van der Waals surface area contributed by atoms with Gasteiger partial charge in [-0.25, -0.2) is 0 Å². The van der Waals surface area contributed by atoms with Crippen LogP contribution in [0, 0.1) is 11.8 Å². The molecule has 3 aliphatic carbocycles. The second kappa shape index (κ2) is 8.31. The minimum atomic E-state index is -3.35. The Hall–Kier alpha value is -3.89. The van der Waals surface area contributed by atoms with E-state index in [0.29, 0.717) is 5.69 Å². The Morgan fingerprint density at radius 1 is 1.11 bits per heavy atom. The van der Waals surface area contributed by atoms with E-state index in [1.807, 2.05) is 0 Å². The van der Waals surface area contributed by atoms with E-state index < -0.39 is 81.6 Å². The lowest BCUT2D eigenvalue weighted by molar-refractivity contribution is -0.216. The molecule has 1 amide bonds. The molecule has 8 N–H and O–H groups in total. The highest BCUT2D eigenvalue weighted by Gasteiger charge is 2.75. The number of ketones is 2. The van der Waals surface area contributed by atoms with Gasteiger partial charge in [0.25, 0.3) is 5.91 Å². The first-order chi connectivity index (χ1) is 17.5. The lowest BCUT2D eigenvalue weighted by Gasteiger charge is -2.57. The quantitative estimate of drug-likeness (QED) is 0.180. The number of amides is 1. The summed E-state index contributed by atoms with van der Waals surface area (Å²) >= 11 is 0. The molecule has 4 atom stereocenters. The molecule has 1 aromatic rings. The number of benzene rings is 1. The summed E-state index contributed by atoms with van der Waals surface area (Å²) in [5.74, 6) is -1.73. The zero-order valence-corrected chi connectivity index (χ0v) is 21.4. The summed E-state index contributed by atoms with van der Waals surface area (Å²) in [6, 6.07) is -0.268. The van der Waals surface area contributed by atoms with Crippen molar-refractivity contribution in [2.45, 2.75) is 42.6 Å². The standard InChI is InChI=1S/C26H29N3O9/c1-6-7-11-8-13(28(2)3)12-9-24(36)10-25(37)20(29(4)5)19(32)15(23(27)35)21(33)26(25,38)22(34)16(24)18(31)14(12)17(11)30/h8,20,30-31,33,36-38H,9-10H2,1-5H3,(H2,27,35). The summed E-state index contributed by atoms with van der Waals surface area (Å²) in [5.41, 5.74) is -4.71. The van der Waals surface area contributed by atoms with Crippen LogP contribution in [0.1, 0.15) is 30.0 Å².